The molecule has 0 spiro atoms. The summed E-state index contributed by atoms with van der Waals surface area (Å²) in [5.41, 5.74) is 2.14. The summed E-state index contributed by atoms with van der Waals surface area (Å²) in [4.78, 5) is 11.3. The summed E-state index contributed by atoms with van der Waals surface area (Å²) in [5, 5.41) is 1.48. The number of aliphatic imine (C=N–C) groups is 2. The molecule has 0 unspecified atom stereocenters. The first kappa shape index (κ1) is 15.3. The first-order chi connectivity index (χ1) is 11.2. The first-order valence-electron chi connectivity index (χ1n) is 7.23. The van der Waals surface area contributed by atoms with Gasteiger partial charge < -0.3 is 9.72 Å². The second-order valence-corrected chi connectivity index (χ2v) is 5.60. The molecule has 5 heteroatoms. The van der Waals surface area contributed by atoms with Crippen molar-refractivity contribution >= 4 is 39.8 Å². The standard InChI is InChI=1S/C18H16ClN3O/c1-13(19)20-12-21-18-10-15-9-16(7-8-17(15)22-18)23-11-14-5-3-2-4-6-14/h2-10,12,22H,11H2,1H3/b20-13?,21-12-. The first-order valence-corrected chi connectivity index (χ1v) is 7.60. The van der Waals surface area contributed by atoms with Crippen molar-refractivity contribution in [2.24, 2.45) is 9.98 Å². The number of rotatable bonds is 5. The van der Waals surface area contributed by atoms with Crippen molar-refractivity contribution in [3.63, 3.8) is 0 Å². The lowest BCUT2D eigenvalue weighted by Gasteiger charge is -2.06. The fourth-order valence-electron chi connectivity index (χ4n) is 2.17. The molecule has 0 aliphatic carbocycles. The molecule has 0 radical (unpaired) electrons. The summed E-state index contributed by atoms with van der Waals surface area (Å²) < 4.78 is 5.83. The third-order valence-electron chi connectivity index (χ3n) is 3.26. The van der Waals surface area contributed by atoms with Gasteiger partial charge in [-0.3, -0.25) is 0 Å². The zero-order chi connectivity index (χ0) is 16.1. The minimum Gasteiger partial charge on any atom is -0.489 e. The Hall–Kier alpha value is -2.59. The molecule has 0 aliphatic rings. The van der Waals surface area contributed by atoms with Crippen LogP contribution in [0.3, 0.4) is 0 Å². The molecule has 0 saturated carbocycles. The molecular weight excluding hydrogens is 310 g/mol. The highest BCUT2D eigenvalue weighted by Gasteiger charge is 2.02. The van der Waals surface area contributed by atoms with Gasteiger partial charge in [0.25, 0.3) is 0 Å². The molecule has 0 amide bonds. The van der Waals surface area contributed by atoms with Crippen LogP contribution in [0.5, 0.6) is 5.75 Å². The monoisotopic (exact) mass is 325 g/mol. The summed E-state index contributed by atoms with van der Waals surface area (Å²) in [5.74, 6) is 1.55. The summed E-state index contributed by atoms with van der Waals surface area (Å²) in [6.45, 7) is 2.25. The molecule has 0 bridgehead atoms. The van der Waals surface area contributed by atoms with Crippen molar-refractivity contribution < 1.29 is 4.74 Å². The van der Waals surface area contributed by atoms with Gasteiger partial charge in [0.15, 0.2) is 0 Å². The largest absolute Gasteiger partial charge is 0.489 e. The number of ether oxygens (including phenoxy) is 1. The maximum Gasteiger partial charge on any atom is 0.132 e. The van der Waals surface area contributed by atoms with Gasteiger partial charge in [0, 0.05) is 10.9 Å². The van der Waals surface area contributed by atoms with Gasteiger partial charge in [-0.2, -0.15) is 0 Å². The Morgan fingerprint density at radius 2 is 2.00 bits per heavy atom. The minimum atomic E-state index is 0.446. The number of H-pyrrole nitrogens is 1. The highest BCUT2D eigenvalue weighted by molar-refractivity contribution is 6.65. The van der Waals surface area contributed by atoms with Crippen molar-refractivity contribution in [1.29, 1.82) is 0 Å². The van der Waals surface area contributed by atoms with Crippen LogP contribution >= 0.6 is 11.6 Å². The Labute approximate surface area is 139 Å². The Kier molecular flexibility index (Phi) is 4.74. The number of fused-ring (bicyclic) bond motifs is 1. The normalized spacial score (nSPS) is 12.2. The highest BCUT2D eigenvalue weighted by atomic mass is 35.5. The van der Waals surface area contributed by atoms with E-state index in [9.17, 15) is 0 Å². The van der Waals surface area contributed by atoms with E-state index in [1.807, 2.05) is 54.6 Å². The van der Waals surface area contributed by atoms with Crippen LogP contribution in [0.2, 0.25) is 0 Å². The van der Waals surface area contributed by atoms with Gasteiger partial charge in [0.05, 0.1) is 0 Å². The third-order valence-corrected chi connectivity index (χ3v) is 3.36. The molecule has 0 atom stereocenters. The van der Waals surface area contributed by atoms with E-state index in [0.29, 0.717) is 11.8 Å². The lowest BCUT2D eigenvalue weighted by Crippen LogP contribution is -1.94. The topological polar surface area (TPSA) is 49.7 Å². The Bertz CT molecular complexity index is 849. The van der Waals surface area contributed by atoms with Gasteiger partial charge in [-0.25, -0.2) is 9.98 Å². The van der Waals surface area contributed by atoms with Gasteiger partial charge in [-0.05, 0) is 36.8 Å². The predicted octanol–water partition coefficient (Wildman–Crippen LogP) is 5.06. The molecular formula is C18H16ClN3O. The van der Waals surface area contributed by atoms with Gasteiger partial charge in [-0.15, -0.1) is 0 Å². The quantitative estimate of drug-likeness (QED) is 0.517. The molecule has 3 aromatic rings. The smallest absolute Gasteiger partial charge is 0.132 e. The predicted molar refractivity (Wildman–Crippen MR) is 96.2 cm³/mol. The Morgan fingerprint density at radius 1 is 1.17 bits per heavy atom. The van der Waals surface area contributed by atoms with Crippen molar-refractivity contribution in [2.45, 2.75) is 13.5 Å². The summed E-state index contributed by atoms with van der Waals surface area (Å²) >= 11 is 5.66. The second-order valence-electron chi connectivity index (χ2n) is 5.05. The number of benzene rings is 2. The van der Waals surface area contributed by atoms with Gasteiger partial charge >= 0.3 is 0 Å². The fraction of sp³-hybridized carbons (Fsp3) is 0.111. The second kappa shape index (κ2) is 7.11. The van der Waals surface area contributed by atoms with Gasteiger partial charge in [-0.1, -0.05) is 41.9 Å². The summed E-state index contributed by atoms with van der Waals surface area (Å²) in [6.07, 6.45) is 1.43. The van der Waals surface area contributed by atoms with E-state index in [2.05, 4.69) is 15.0 Å². The number of aromatic nitrogens is 1. The van der Waals surface area contributed by atoms with E-state index in [4.69, 9.17) is 16.3 Å². The maximum atomic E-state index is 5.83. The average Bonchev–Trinajstić information content (AvgIpc) is 2.95. The van der Waals surface area contributed by atoms with Crippen molar-refractivity contribution in [2.75, 3.05) is 0 Å². The molecule has 3 rings (SSSR count). The number of aromatic amines is 1. The van der Waals surface area contributed by atoms with E-state index in [-0.39, 0.29) is 0 Å². The van der Waals surface area contributed by atoms with Crippen molar-refractivity contribution in [3.05, 3.63) is 60.2 Å². The van der Waals surface area contributed by atoms with E-state index >= 15 is 0 Å². The lowest BCUT2D eigenvalue weighted by atomic mass is 10.2. The van der Waals surface area contributed by atoms with E-state index in [0.717, 1.165) is 28.0 Å². The molecule has 1 heterocycles. The van der Waals surface area contributed by atoms with Crippen LogP contribution in [0.15, 0.2) is 64.6 Å². The third kappa shape index (κ3) is 4.20. The number of hydrogen-bond donors (Lipinski definition) is 1. The van der Waals surface area contributed by atoms with Crippen LogP contribution in [-0.4, -0.2) is 16.5 Å². The fourth-order valence-corrected chi connectivity index (χ4v) is 2.21. The highest BCUT2D eigenvalue weighted by Crippen LogP contribution is 2.25. The van der Waals surface area contributed by atoms with E-state index in [1.54, 1.807) is 6.92 Å². The van der Waals surface area contributed by atoms with E-state index in [1.165, 1.54) is 6.34 Å². The zero-order valence-corrected chi connectivity index (χ0v) is 13.4. The molecule has 0 aliphatic heterocycles. The summed E-state index contributed by atoms with van der Waals surface area (Å²) in [7, 11) is 0. The van der Waals surface area contributed by atoms with Gasteiger partial charge in [0.2, 0.25) is 0 Å². The number of nitrogens with zero attached hydrogens (tertiary/aromatic N) is 2. The maximum absolute atomic E-state index is 5.83. The van der Waals surface area contributed by atoms with Crippen LogP contribution < -0.4 is 4.74 Å². The Morgan fingerprint density at radius 3 is 2.78 bits per heavy atom. The average molecular weight is 326 g/mol. The molecule has 0 fully saturated rings. The molecule has 1 aromatic heterocycles. The number of halogens is 1. The van der Waals surface area contributed by atoms with Crippen molar-refractivity contribution in [1.82, 2.24) is 4.98 Å². The molecule has 4 nitrogen and oxygen atoms in total. The molecule has 23 heavy (non-hydrogen) atoms. The molecule has 1 N–H and O–H groups in total. The summed E-state index contributed by atoms with van der Waals surface area (Å²) in [6, 6.07) is 17.9. The molecule has 0 saturated heterocycles. The lowest BCUT2D eigenvalue weighted by molar-refractivity contribution is 0.306. The number of nitrogens with one attached hydrogen (secondary N) is 1. The molecule has 2 aromatic carbocycles. The Balaban J connectivity index is 1.74. The minimum absolute atomic E-state index is 0.446. The van der Waals surface area contributed by atoms with Crippen molar-refractivity contribution in [3.8, 4) is 5.75 Å². The van der Waals surface area contributed by atoms with Crippen LogP contribution in [0, 0.1) is 0 Å². The number of hydrogen-bond acceptors (Lipinski definition) is 2. The zero-order valence-electron chi connectivity index (χ0n) is 12.7. The van der Waals surface area contributed by atoms with Crippen LogP contribution in [0.1, 0.15) is 12.5 Å². The van der Waals surface area contributed by atoms with Crippen LogP contribution in [0.25, 0.3) is 10.9 Å². The van der Waals surface area contributed by atoms with E-state index < -0.39 is 0 Å². The van der Waals surface area contributed by atoms with Crippen LogP contribution in [-0.2, 0) is 6.61 Å². The SMILES string of the molecule is CC(Cl)=N/C=N\c1cc2cc(OCc3ccccc3)ccc2[nH]1. The van der Waals surface area contributed by atoms with Gasteiger partial charge in [0.1, 0.15) is 29.7 Å². The van der Waals surface area contributed by atoms with Crippen LogP contribution in [0.4, 0.5) is 5.82 Å². The molecule has 116 valence electrons.